The van der Waals surface area contributed by atoms with E-state index in [0.29, 0.717) is 5.56 Å². The summed E-state index contributed by atoms with van der Waals surface area (Å²) in [4.78, 5) is 10.7. The monoisotopic (exact) mass is 366 g/mol. The molecule has 1 aromatic rings. The van der Waals surface area contributed by atoms with Crippen molar-refractivity contribution in [2.24, 2.45) is 0 Å². The summed E-state index contributed by atoms with van der Waals surface area (Å²) in [6.45, 7) is 5.66. The van der Waals surface area contributed by atoms with E-state index in [-0.39, 0.29) is 27.7 Å². The van der Waals surface area contributed by atoms with Crippen LogP contribution in [0.4, 0.5) is 0 Å². The van der Waals surface area contributed by atoms with Crippen molar-refractivity contribution in [3.8, 4) is 0 Å². The third-order valence-corrected chi connectivity index (χ3v) is 2.04. The van der Waals surface area contributed by atoms with E-state index in [9.17, 15) is 4.79 Å². The molecule has 1 rings (SSSR count). The molecule has 0 amide bonds. The topological polar surface area (TPSA) is 37.3 Å². The van der Waals surface area contributed by atoms with Gasteiger partial charge in [-0.1, -0.05) is 6.07 Å². The standard InChI is InChI=1S/C10H12O2.Hg/c1-6-4-7(2)8(3)9(5-6)10(11)12;/h4-5H,1-3H3,(H,11,12);. The van der Waals surface area contributed by atoms with Gasteiger partial charge < -0.3 is 5.11 Å². The number of carbonyl (C=O) groups is 1. The van der Waals surface area contributed by atoms with Gasteiger partial charge in [0.1, 0.15) is 0 Å². The molecular formula is C10H12HgO2. The normalized spacial score (nSPS) is 9.15. The van der Waals surface area contributed by atoms with E-state index in [1.165, 1.54) is 0 Å². The summed E-state index contributed by atoms with van der Waals surface area (Å²) in [7, 11) is 0. The summed E-state index contributed by atoms with van der Waals surface area (Å²) < 4.78 is 0. The van der Waals surface area contributed by atoms with Crippen LogP contribution in [0.2, 0.25) is 0 Å². The molecule has 0 aliphatic rings. The van der Waals surface area contributed by atoms with Gasteiger partial charge in [0.15, 0.2) is 0 Å². The SMILES string of the molecule is Cc1cc(C)c(C)c(C(=O)O)c1.[Hg]. The third kappa shape index (κ3) is 2.80. The Kier molecular flexibility index (Phi) is 4.61. The number of aryl methyl sites for hydroxylation is 2. The minimum absolute atomic E-state index is 0. The van der Waals surface area contributed by atoms with E-state index >= 15 is 0 Å². The molecular weight excluding hydrogens is 353 g/mol. The predicted molar refractivity (Wildman–Crippen MR) is 47.6 cm³/mol. The van der Waals surface area contributed by atoms with Crippen molar-refractivity contribution in [3.63, 3.8) is 0 Å². The molecule has 13 heavy (non-hydrogen) atoms. The van der Waals surface area contributed by atoms with Gasteiger partial charge in [-0.25, -0.2) is 4.79 Å². The van der Waals surface area contributed by atoms with Gasteiger partial charge in [0.05, 0.1) is 5.56 Å². The first-order valence-electron chi connectivity index (χ1n) is 3.83. The van der Waals surface area contributed by atoms with E-state index < -0.39 is 5.97 Å². The molecule has 0 bridgehead atoms. The summed E-state index contributed by atoms with van der Waals surface area (Å²) in [6, 6.07) is 3.69. The largest absolute Gasteiger partial charge is 0.478 e. The molecule has 1 N–H and O–H groups in total. The number of carboxylic acid groups (broad SMARTS) is 1. The van der Waals surface area contributed by atoms with Crippen molar-refractivity contribution >= 4 is 5.97 Å². The molecule has 3 heteroatoms. The minimum Gasteiger partial charge on any atom is -0.478 e. The second kappa shape index (κ2) is 4.75. The molecule has 1 aromatic carbocycles. The number of benzene rings is 1. The van der Waals surface area contributed by atoms with Crippen LogP contribution < -0.4 is 0 Å². The van der Waals surface area contributed by atoms with Crippen LogP contribution in [0.15, 0.2) is 12.1 Å². The van der Waals surface area contributed by atoms with Crippen molar-refractivity contribution in [2.75, 3.05) is 0 Å². The molecule has 0 aliphatic heterocycles. The Labute approximate surface area is 98.5 Å². The van der Waals surface area contributed by atoms with Crippen molar-refractivity contribution in [1.29, 1.82) is 0 Å². The first-order chi connectivity index (χ1) is 5.52. The van der Waals surface area contributed by atoms with E-state index in [2.05, 4.69) is 0 Å². The van der Waals surface area contributed by atoms with Crippen LogP contribution in [0.1, 0.15) is 27.0 Å². The maximum atomic E-state index is 10.7. The minimum atomic E-state index is -0.848. The zero-order valence-electron chi connectivity index (χ0n) is 8.22. The second-order valence-electron chi connectivity index (χ2n) is 3.06. The fourth-order valence-corrected chi connectivity index (χ4v) is 1.26. The van der Waals surface area contributed by atoms with Gasteiger partial charge in [-0.3, -0.25) is 0 Å². The zero-order chi connectivity index (χ0) is 9.30. The van der Waals surface area contributed by atoms with E-state index in [1.807, 2.05) is 26.8 Å². The fourth-order valence-electron chi connectivity index (χ4n) is 1.26. The Balaban J connectivity index is 0.00000144. The van der Waals surface area contributed by atoms with Crippen LogP contribution in [0.25, 0.3) is 0 Å². The van der Waals surface area contributed by atoms with E-state index in [1.54, 1.807) is 6.07 Å². The Hall–Kier alpha value is -0.375. The number of carboxylic acids is 1. The molecule has 0 unspecified atom stereocenters. The van der Waals surface area contributed by atoms with Crippen molar-refractivity contribution in [2.45, 2.75) is 20.8 Å². The summed E-state index contributed by atoms with van der Waals surface area (Å²) in [6.07, 6.45) is 0. The zero-order valence-corrected chi connectivity index (χ0v) is 13.7. The smallest absolute Gasteiger partial charge is 0.335 e. The summed E-state index contributed by atoms with van der Waals surface area (Å²) in [5.74, 6) is -0.848. The van der Waals surface area contributed by atoms with Gasteiger partial charge in [-0.05, 0) is 43.5 Å². The Bertz CT molecular complexity index is 332. The van der Waals surface area contributed by atoms with Gasteiger partial charge in [-0.2, -0.15) is 0 Å². The fraction of sp³-hybridized carbons (Fsp3) is 0.300. The van der Waals surface area contributed by atoms with Gasteiger partial charge in [0.25, 0.3) is 0 Å². The van der Waals surface area contributed by atoms with Crippen molar-refractivity contribution in [1.82, 2.24) is 0 Å². The second-order valence-corrected chi connectivity index (χ2v) is 3.06. The average Bonchev–Trinajstić information content (AvgIpc) is 1.96. The molecule has 0 aliphatic carbocycles. The first kappa shape index (κ1) is 12.6. The quantitative estimate of drug-likeness (QED) is 0.776. The molecule has 66 valence electrons. The van der Waals surface area contributed by atoms with Crippen LogP contribution >= 0.6 is 0 Å². The summed E-state index contributed by atoms with van der Waals surface area (Å²) in [5.41, 5.74) is 3.29. The third-order valence-electron chi connectivity index (χ3n) is 2.04. The van der Waals surface area contributed by atoms with E-state index in [0.717, 1.165) is 16.7 Å². The van der Waals surface area contributed by atoms with Gasteiger partial charge in [0, 0.05) is 27.7 Å². The number of rotatable bonds is 1. The van der Waals surface area contributed by atoms with E-state index in [4.69, 9.17) is 5.11 Å². The molecule has 0 heterocycles. The predicted octanol–water partition coefficient (Wildman–Crippen LogP) is 2.31. The average molecular weight is 365 g/mol. The van der Waals surface area contributed by atoms with Crippen molar-refractivity contribution in [3.05, 3.63) is 34.4 Å². The van der Waals surface area contributed by atoms with Gasteiger partial charge >= 0.3 is 5.97 Å². The maximum Gasteiger partial charge on any atom is 0.335 e. The molecule has 2 nitrogen and oxygen atoms in total. The van der Waals surface area contributed by atoms with Crippen LogP contribution in [0, 0.1) is 20.8 Å². The molecule has 0 radical (unpaired) electrons. The summed E-state index contributed by atoms with van der Waals surface area (Å²) >= 11 is 0. The number of aromatic carboxylic acids is 1. The molecule has 0 aromatic heterocycles. The molecule has 0 saturated heterocycles. The van der Waals surface area contributed by atoms with Crippen LogP contribution in [0.3, 0.4) is 0 Å². The Morgan fingerprint density at radius 1 is 1.23 bits per heavy atom. The molecule has 0 saturated carbocycles. The molecule has 0 atom stereocenters. The van der Waals surface area contributed by atoms with Crippen LogP contribution in [-0.4, -0.2) is 11.1 Å². The maximum absolute atomic E-state index is 10.7. The van der Waals surface area contributed by atoms with Gasteiger partial charge in [-0.15, -0.1) is 0 Å². The molecule has 0 fully saturated rings. The van der Waals surface area contributed by atoms with Gasteiger partial charge in [0.2, 0.25) is 0 Å². The molecule has 0 spiro atoms. The number of hydrogen-bond acceptors (Lipinski definition) is 1. The van der Waals surface area contributed by atoms with Crippen LogP contribution in [-0.2, 0) is 27.7 Å². The Morgan fingerprint density at radius 2 is 1.77 bits per heavy atom. The Morgan fingerprint density at radius 3 is 2.23 bits per heavy atom. The van der Waals surface area contributed by atoms with Crippen LogP contribution in [0.5, 0.6) is 0 Å². The summed E-state index contributed by atoms with van der Waals surface area (Å²) in [5, 5.41) is 8.81. The number of hydrogen-bond donors (Lipinski definition) is 1. The van der Waals surface area contributed by atoms with Crippen molar-refractivity contribution < 1.29 is 37.6 Å². The first-order valence-corrected chi connectivity index (χ1v) is 3.83.